The van der Waals surface area contributed by atoms with Gasteiger partial charge in [0.1, 0.15) is 11.6 Å². The number of methoxy groups -OCH3 is 1. The fourth-order valence-electron chi connectivity index (χ4n) is 4.41. The highest BCUT2D eigenvalue weighted by atomic mass is 16.5. The topological polar surface area (TPSA) is 64.4 Å². The lowest BCUT2D eigenvalue weighted by Gasteiger charge is -2.31. The molecule has 0 N–H and O–H groups in total. The van der Waals surface area contributed by atoms with Crippen LogP contribution < -0.4 is 10.3 Å². The first-order valence-electron chi connectivity index (χ1n) is 12.3. The zero-order valence-electron chi connectivity index (χ0n) is 21.6. The zero-order valence-corrected chi connectivity index (χ0v) is 21.6. The summed E-state index contributed by atoms with van der Waals surface area (Å²) in [6.45, 7) is 8.73. The van der Waals surface area contributed by atoms with Gasteiger partial charge in [-0.25, -0.2) is 4.98 Å². The molecule has 1 amide bonds. The van der Waals surface area contributed by atoms with E-state index in [-0.39, 0.29) is 11.5 Å². The first kappa shape index (κ1) is 25.2. The average molecular weight is 484 g/mol. The summed E-state index contributed by atoms with van der Waals surface area (Å²) in [5.41, 5.74) is 2.73. The van der Waals surface area contributed by atoms with Crippen molar-refractivity contribution < 1.29 is 9.53 Å². The van der Waals surface area contributed by atoms with E-state index in [9.17, 15) is 9.59 Å². The fourth-order valence-corrected chi connectivity index (χ4v) is 4.41. The van der Waals surface area contributed by atoms with Crippen molar-refractivity contribution in [3.05, 3.63) is 100 Å². The van der Waals surface area contributed by atoms with Crippen molar-refractivity contribution in [2.45, 2.75) is 40.2 Å². The molecule has 1 aromatic heterocycles. The molecule has 0 fully saturated rings. The minimum Gasteiger partial charge on any atom is -0.497 e. The fraction of sp³-hybridized carbons (Fsp3) is 0.300. The maximum absolute atomic E-state index is 13.9. The van der Waals surface area contributed by atoms with E-state index in [4.69, 9.17) is 9.72 Å². The molecule has 36 heavy (non-hydrogen) atoms. The molecule has 1 heterocycles. The predicted octanol–water partition coefficient (Wildman–Crippen LogP) is 5.95. The number of fused-ring (bicyclic) bond motifs is 1. The molecule has 0 saturated heterocycles. The molecule has 6 nitrogen and oxygen atoms in total. The Hall–Kier alpha value is -3.93. The van der Waals surface area contributed by atoms with Gasteiger partial charge in [-0.05, 0) is 68.1 Å². The van der Waals surface area contributed by atoms with Crippen LogP contribution in [0.5, 0.6) is 5.75 Å². The summed E-state index contributed by atoms with van der Waals surface area (Å²) in [6, 6.07) is 21.8. The Balaban J connectivity index is 1.91. The van der Waals surface area contributed by atoms with Gasteiger partial charge in [0.05, 0.1) is 29.7 Å². The van der Waals surface area contributed by atoms with E-state index in [2.05, 4.69) is 13.8 Å². The number of amides is 1. The lowest BCUT2D eigenvalue weighted by Crippen LogP contribution is -2.38. The minimum atomic E-state index is -0.459. The normalized spacial score (nSPS) is 12.1. The Bertz CT molecular complexity index is 1440. The van der Waals surface area contributed by atoms with E-state index in [1.54, 1.807) is 29.9 Å². The van der Waals surface area contributed by atoms with Gasteiger partial charge < -0.3 is 9.64 Å². The number of carbonyl (C=O) groups is 1. The number of benzene rings is 3. The molecule has 0 bridgehead atoms. The number of hydrogen-bond acceptors (Lipinski definition) is 4. The average Bonchev–Trinajstić information content (AvgIpc) is 2.89. The van der Waals surface area contributed by atoms with E-state index in [0.29, 0.717) is 40.5 Å². The number of rotatable bonds is 8. The third-order valence-corrected chi connectivity index (χ3v) is 6.52. The van der Waals surface area contributed by atoms with Crippen LogP contribution in [0.3, 0.4) is 0 Å². The summed E-state index contributed by atoms with van der Waals surface area (Å²) in [6.07, 6.45) is 0.822. The van der Waals surface area contributed by atoms with Crippen molar-refractivity contribution in [1.29, 1.82) is 0 Å². The lowest BCUT2D eigenvalue weighted by atomic mass is 10.1. The monoisotopic (exact) mass is 483 g/mol. The van der Waals surface area contributed by atoms with Crippen LogP contribution in [0.15, 0.2) is 77.6 Å². The molecule has 3 aromatic carbocycles. The molecule has 186 valence electrons. The van der Waals surface area contributed by atoms with Crippen molar-refractivity contribution in [2.24, 2.45) is 5.92 Å². The first-order valence-corrected chi connectivity index (χ1v) is 12.3. The summed E-state index contributed by atoms with van der Waals surface area (Å²) < 4.78 is 7.02. The van der Waals surface area contributed by atoms with Gasteiger partial charge in [-0.2, -0.15) is 0 Å². The highest BCUT2D eigenvalue weighted by Crippen LogP contribution is 2.27. The second-order valence-corrected chi connectivity index (χ2v) is 9.50. The Morgan fingerprint density at radius 3 is 2.44 bits per heavy atom. The number of nitrogens with zero attached hydrogens (tertiary/aromatic N) is 3. The molecule has 1 unspecified atom stereocenters. The molecule has 1 atom stereocenters. The Morgan fingerprint density at radius 1 is 1.00 bits per heavy atom. The molecule has 0 radical (unpaired) electrons. The Labute approximate surface area is 212 Å². The maximum Gasteiger partial charge on any atom is 0.266 e. The molecule has 0 saturated carbocycles. The summed E-state index contributed by atoms with van der Waals surface area (Å²) >= 11 is 0. The number of hydrogen-bond donors (Lipinski definition) is 0. The van der Waals surface area contributed by atoms with Crippen LogP contribution in [0.4, 0.5) is 0 Å². The third-order valence-electron chi connectivity index (χ3n) is 6.52. The van der Waals surface area contributed by atoms with Gasteiger partial charge >= 0.3 is 0 Å². The van der Waals surface area contributed by atoms with E-state index in [0.717, 1.165) is 17.7 Å². The number of aromatic nitrogens is 2. The van der Waals surface area contributed by atoms with Gasteiger partial charge in [0.15, 0.2) is 0 Å². The quantitative estimate of drug-likeness (QED) is 0.311. The van der Waals surface area contributed by atoms with Gasteiger partial charge in [0.2, 0.25) is 0 Å². The van der Waals surface area contributed by atoms with Crippen LogP contribution in [-0.2, 0) is 0 Å². The molecule has 0 spiro atoms. The second-order valence-electron chi connectivity index (χ2n) is 9.50. The van der Waals surface area contributed by atoms with Crippen LogP contribution in [0.2, 0.25) is 0 Å². The highest BCUT2D eigenvalue weighted by Gasteiger charge is 2.28. The van der Waals surface area contributed by atoms with Gasteiger partial charge in [-0.3, -0.25) is 14.2 Å². The summed E-state index contributed by atoms with van der Waals surface area (Å²) in [5, 5.41) is 0.546. The standard InChI is InChI=1S/C30H33N3O3/c1-20(2)17-18-32(29(34)23-12-10-13-24(19-23)36-5)22(4)28-31-26-15-8-7-14-25(26)30(35)33(28)27-16-9-6-11-21(27)3/h6-16,19-20,22H,17-18H2,1-5H3. The minimum absolute atomic E-state index is 0.124. The maximum atomic E-state index is 13.9. The number of para-hydroxylation sites is 2. The lowest BCUT2D eigenvalue weighted by molar-refractivity contribution is 0.0671. The molecule has 6 heteroatoms. The molecule has 4 rings (SSSR count). The Morgan fingerprint density at radius 2 is 1.72 bits per heavy atom. The summed E-state index contributed by atoms with van der Waals surface area (Å²) in [5.74, 6) is 1.44. The molecular weight excluding hydrogens is 450 g/mol. The van der Waals surface area contributed by atoms with Crippen LogP contribution in [0.25, 0.3) is 16.6 Å². The van der Waals surface area contributed by atoms with Gasteiger partial charge in [0.25, 0.3) is 11.5 Å². The van der Waals surface area contributed by atoms with Crippen LogP contribution >= 0.6 is 0 Å². The largest absolute Gasteiger partial charge is 0.497 e. The van der Waals surface area contributed by atoms with Crippen molar-refractivity contribution in [2.75, 3.05) is 13.7 Å². The molecular formula is C30H33N3O3. The highest BCUT2D eigenvalue weighted by molar-refractivity contribution is 5.95. The summed E-state index contributed by atoms with van der Waals surface area (Å²) in [7, 11) is 1.59. The summed E-state index contributed by atoms with van der Waals surface area (Å²) in [4.78, 5) is 34.5. The van der Waals surface area contributed by atoms with Crippen molar-refractivity contribution in [3.63, 3.8) is 0 Å². The molecule has 0 aliphatic carbocycles. The second kappa shape index (κ2) is 10.8. The van der Waals surface area contributed by atoms with Crippen molar-refractivity contribution >= 4 is 16.8 Å². The van der Waals surface area contributed by atoms with Gasteiger partial charge in [-0.15, -0.1) is 0 Å². The van der Waals surface area contributed by atoms with Crippen LogP contribution in [0.1, 0.15) is 55.0 Å². The number of aryl methyl sites for hydroxylation is 1. The van der Waals surface area contributed by atoms with E-state index in [1.807, 2.05) is 73.3 Å². The van der Waals surface area contributed by atoms with E-state index >= 15 is 0 Å². The third kappa shape index (κ3) is 5.03. The van der Waals surface area contributed by atoms with Crippen molar-refractivity contribution in [3.8, 4) is 11.4 Å². The SMILES string of the molecule is COc1cccc(C(=O)N(CCC(C)C)C(C)c2nc3ccccc3c(=O)n2-c2ccccc2C)c1. The zero-order chi connectivity index (χ0) is 25.8. The number of carbonyl (C=O) groups excluding carboxylic acids is 1. The predicted molar refractivity (Wildman–Crippen MR) is 144 cm³/mol. The first-order chi connectivity index (χ1) is 17.3. The van der Waals surface area contributed by atoms with Gasteiger partial charge in [-0.1, -0.05) is 50.2 Å². The van der Waals surface area contributed by atoms with E-state index in [1.165, 1.54) is 0 Å². The van der Waals surface area contributed by atoms with Crippen molar-refractivity contribution in [1.82, 2.24) is 14.5 Å². The van der Waals surface area contributed by atoms with Crippen LogP contribution in [-0.4, -0.2) is 34.0 Å². The molecule has 0 aliphatic rings. The number of ether oxygens (including phenoxy) is 1. The van der Waals surface area contributed by atoms with Gasteiger partial charge in [0, 0.05) is 12.1 Å². The molecule has 4 aromatic rings. The molecule has 0 aliphatic heterocycles. The van der Waals surface area contributed by atoms with Crippen LogP contribution in [0, 0.1) is 12.8 Å². The Kier molecular flexibility index (Phi) is 7.53. The van der Waals surface area contributed by atoms with E-state index < -0.39 is 6.04 Å². The smallest absolute Gasteiger partial charge is 0.266 e.